The van der Waals surface area contributed by atoms with Crippen LogP contribution in [0.2, 0.25) is 0 Å². The number of hydrogen-bond donors (Lipinski definition) is 0. The summed E-state index contributed by atoms with van der Waals surface area (Å²) in [5, 5.41) is 0.244. The van der Waals surface area contributed by atoms with E-state index in [1.807, 2.05) is 0 Å². The van der Waals surface area contributed by atoms with Crippen molar-refractivity contribution in [2.45, 2.75) is 6.92 Å². The van der Waals surface area contributed by atoms with E-state index in [0.717, 1.165) is 0 Å². The fraction of sp³-hybridized carbons (Fsp3) is 0.0476. The molecule has 2 rings (SSSR count). The van der Waals surface area contributed by atoms with Crippen LogP contribution in [-0.4, -0.2) is 11.0 Å². The highest BCUT2D eigenvalue weighted by Crippen LogP contribution is 2.58. The zero-order valence-electron chi connectivity index (χ0n) is 14.0. The third-order valence-corrected chi connectivity index (χ3v) is 6.50. The van der Waals surface area contributed by atoms with E-state index in [0.29, 0.717) is 0 Å². The van der Waals surface area contributed by atoms with E-state index in [1.54, 1.807) is 85.8 Å². The van der Waals surface area contributed by atoms with Gasteiger partial charge in [-0.25, -0.2) is 0 Å². The van der Waals surface area contributed by atoms with Gasteiger partial charge in [-0.1, -0.05) is 91.5 Å². The molecule has 0 aliphatic rings. The van der Waals surface area contributed by atoms with Crippen molar-refractivity contribution in [3.63, 3.8) is 0 Å². The molecule has 0 spiro atoms. The first kappa shape index (κ1) is 18.6. The lowest BCUT2D eigenvalue weighted by Crippen LogP contribution is -2.11. The highest BCUT2D eigenvalue weighted by molar-refractivity contribution is 7.98. The van der Waals surface area contributed by atoms with Crippen molar-refractivity contribution in [2.75, 3.05) is 0 Å². The number of carbonyl (C=O) groups excluding carboxylic acids is 2. The largest absolute Gasteiger partial charge is 0.302 e. The van der Waals surface area contributed by atoms with Crippen LogP contribution in [0.5, 0.6) is 0 Å². The molecular weight excluding hydrogens is 331 g/mol. The molecule has 0 fully saturated rings. The van der Waals surface area contributed by atoms with Crippen LogP contribution in [0.4, 0.5) is 0 Å². The first-order valence-corrected chi connectivity index (χ1v) is 9.49. The van der Waals surface area contributed by atoms with E-state index in [-0.39, 0.29) is 16.4 Å². The van der Waals surface area contributed by atoms with Gasteiger partial charge in [-0.15, -0.1) is 0 Å². The summed E-state index contributed by atoms with van der Waals surface area (Å²) in [4.78, 5) is 26.0. The van der Waals surface area contributed by atoms with Gasteiger partial charge in [0.2, 0.25) is 18.2 Å². The normalized spacial score (nSPS) is 12.1. The Labute approximate surface area is 147 Å². The number of carbonyl (C=O) groups is 2. The summed E-state index contributed by atoms with van der Waals surface area (Å²) >= 11 is 0. The molecule has 0 heterocycles. The first-order chi connectivity index (χ1) is 12.0. The molecule has 2 aromatic rings. The number of benzene rings is 2. The molecule has 0 saturated heterocycles. The van der Waals surface area contributed by atoms with Crippen molar-refractivity contribution < 1.29 is 14.2 Å². The maximum atomic E-state index is 13.7. The van der Waals surface area contributed by atoms with Gasteiger partial charge < -0.3 is 4.57 Å². The summed E-state index contributed by atoms with van der Waals surface area (Å²) in [6, 6.07) is 16.5. The van der Waals surface area contributed by atoms with Gasteiger partial charge in [0.05, 0.1) is 0 Å². The van der Waals surface area contributed by atoms with Crippen molar-refractivity contribution in [1.29, 1.82) is 0 Å². The van der Waals surface area contributed by atoms with Crippen LogP contribution < -0.4 is 0 Å². The van der Waals surface area contributed by atoms with Crippen LogP contribution in [0.1, 0.15) is 27.6 Å². The molecule has 0 aromatic heterocycles. The molecule has 2 aromatic carbocycles. The zero-order valence-corrected chi connectivity index (χ0v) is 14.9. The monoisotopic (exact) mass is 350 g/mol. The Balaban J connectivity index is 2.59. The molecule has 0 atom stereocenters. The summed E-state index contributed by atoms with van der Waals surface area (Å²) < 4.78 is 13.7. The van der Waals surface area contributed by atoms with Crippen LogP contribution in [-0.2, 0) is 4.57 Å². The van der Waals surface area contributed by atoms with Gasteiger partial charge in [-0.3, -0.25) is 9.59 Å². The van der Waals surface area contributed by atoms with Gasteiger partial charge in [0.1, 0.15) is 0 Å². The fourth-order valence-electron chi connectivity index (χ4n) is 2.32. The van der Waals surface area contributed by atoms with Gasteiger partial charge in [0.15, 0.2) is 0 Å². The van der Waals surface area contributed by atoms with E-state index < -0.39 is 18.2 Å². The minimum Gasteiger partial charge on any atom is -0.302 e. The molecule has 0 amide bonds. The lowest BCUT2D eigenvalue weighted by Gasteiger charge is -2.16. The molecule has 126 valence electrons. The summed E-state index contributed by atoms with van der Waals surface area (Å²) in [6.07, 6.45) is 6.36. The topological polar surface area (TPSA) is 51.2 Å². The van der Waals surface area contributed by atoms with E-state index in [2.05, 4.69) is 6.58 Å². The van der Waals surface area contributed by atoms with Crippen molar-refractivity contribution in [3.8, 4) is 0 Å². The number of hydrogen-bond acceptors (Lipinski definition) is 3. The molecule has 25 heavy (non-hydrogen) atoms. The van der Waals surface area contributed by atoms with Gasteiger partial charge in [0, 0.05) is 16.4 Å². The molecule has 0 radical (unpaired) electrons. The predicted octanol–water partition coefficient (Wildman–Crippen LogP) is 5.68. The van der Waals surface area contributed by atoms with Crippen LogP contribution in [0.15, 0.2) is 96.9 Å². The lowest BCUT2D eigenvalue weighted by atomic mass is 10.2. The Morgan fingerprint density at radius 1 is 0.840 bits per heavy atom. The van der Waals surface area contributed by atoms with Crippen LogP contribution >= 0.6 is 7.14 Å². The Morgan fingerprint density at radius 3 is 1.68 bits per heavy atom. The van der Waals surface area contributed by atoms with E-state index >= 15 is 0 Å². The van der Waals surface area contributed by atoms with Crippen molar-refractivity contribution in [1.82, 2.24) is 0 Å². The second-order valence-electron chi connectivity index (χ2n) is 5.38. The predicted molar refractivity (Wildman–Crippen MR) is 102 cm³/mol. The molecule has 0 N–H and O–H groups in total. The highest BCUT2D eigenvalue weighted by Gasteiger charge is 2.42. The van der Waals surface area contributed by atoms with E-state index in [1.165, 1.54) is 6.08 Å². The molecule has 3 nitrogen and oxygen atoms in total. The zero-order chi connectivity index (χ0) is 18.3. The lowest BCUT2D eigenvalue weighted by molar-refractivity contribution is 0.104. The second-order valence-corrected chi connectivity index (χ2v) is 8.12. The minimum atomic E-state index is -3.98. The first-order valence-electron chi connectivity index (χ1n) is 7.78. The molecule has 0 saturated carbocycles. The molecule has 0 aliphatic heterocycles. The minimum absolute atomic E-state index is 0.244. The van der Waals surface area contributed by atoms with Crippen LogP contribution in [0, 0.1) is 0 Å². The van der Waals surface area contributed by atoms with E-state index in [9.17, 15) is 14.2 Å². The van der Waals surface area contributed by atoms with Gasteiger partial charge in [-0.2, -0.15) is 0 Å². The van der Waals surface area contributed by atoms with Crippen molar-refractivity contribution >= 4 is 18.2 Å². The highest BCUT2D eigenvalue weighted by atomic mass is 31.2. The standard InChI is InChI=1S/C21H19O3P/c1-3-4-7-12-17(2)25(24,20(22)18-13-8-5-9-14-18)21(23)19-15-10-6-11-16-19/h3-16H,1H2,2H3/b7-4-,17-12+. The smallest absolute Gasteiger partial charge is 0.244 e. The maximum Gasteiger partial charge on any atom is 0.244 e. The molecule has 0 aliphatic carbocycles. The second kappa shape index (κ2) is 8.36. The third kappa shape index (κ3) is 4.01. The fourth-order valence-corrected chi connectivity index (χ4v) is 4.46. The Morgan fingerprint density at radius 2 is 1.28 bits per heavy atom. The average Bonchev–Trinajstić information content (AvgIpc) is 2.67. The van der Waals surface area contributed by atoms with E-state index in [4.69, 9.17) is 0 Å². The Hall–Kier alpha value is -2.77. The van der Waals surface area contributed by atoms with Crippen molar-refractivity contribution in [3.05, 3.63) is 108 Å². The van der Waals surface area contributed by atoms with Gasteiger partial charge in [-0.05, 0) is 6.92 Å². The Bertz CT molecular complexity index is 822. The average molecular weight is 350 g/mol. The Kier molecular flexibility index (Phi) is 6.21. The third-order valence-electron chi connectivity index (χ3n) is 3.69. The van der Waals surface area contributed by atoms with Crippen molar-refractivity contribution in [2.24, 2.45) is 0 Å². The summed E-state index contributed by atoms with van der Waals surface area (Å²) in [7, 11) is -3.98. The summed E-state index contributed by atoms with van der Waals surface area (Å²) in [6.45, 7) is 5.12. The number of allylic oxidation sites excluding steroid dienone is 5. The van der Waals surface area contributed by atoms with Crippen LogP contribution in [0.3, 0.4) is 0 Å². The van der Waals surface area contributed by atoms with Gasteiger partial charge in [0.25, 0.3) is 0 Å². The molecule has 0 bridgehead atoms. The van der Waals surface area contributed by atoms with Gasteiger partial charge >= 0.3 is 0 Å². The SMILES string of the molecule is C=C/C=C\C=C(/C)P(=O)(C(=O)c1ccccc1)C(=O)c1ccccc1. The molecule has 0 unspecified atom stereocenters. The molecule has 4 heteroatoms. The summed E-state index contributed by atoms with van der Waals surface area (Å²) in [5.41, 5.74) is -0.781. The molecular formula is C21H19O3P. The quantitative estimate of drug-likeness (QED) is 0.477. The summed E-state index contributed by atoms with van der Waals surface area (Å²) in [5.74, 6) is 0. The number of rotatable bonds is 7. The van der Waals surface area contributed by atoms with Crippen LogP contribution in [0.25, 0.3) is 0 Å². The maximum absolute atomic E-state index is 13.7.